The van der Waals surface area contributed by atoms with E-state index in [2.05, 4.69) is 37.1 Å². The Morgan fingerprint density at radius 1 is 1.15 bits per heavy atom. The Balaban J connectivity index is 0. The molecule has 0 unspecified atom stereocenters. The zero-order valence-corrected chi connectivity index (χ0v) is 16.1. The third-order valence-electron chi connectivity index (χ3n) is 3.07. The van der Waals surface area contributed by atoms with Gasteiger partial charge in [-0.15, -0.1) is 0 Å². The summed E-state index contributed by atoms with van der Waals surface area (Å²) in [6.45, 7) is 18.0. The average Bonchev–Trinajstić information content (AvgIpc) is 2.85. The molecule has 1 rings (SSSR count). The van der Waals surface area contributed by atoms with Gasteiger partial charge in [-0.2, -0.15) is 0 Å². The molecule has 0 aromatic carbocycles. The number of hydrogen-bond donors (Lipinski definition) is 2. The van der Waals surface area contributed by atoms with E-state index in [9.17, 15) is 19.2 Å². The number of amides is 1. The number of ether oxygens (including phenoxy) is 1. The van der Waals surface area contributed by atoms with Crippen molar-refractivity contribution in [2.45, 2.75) is 40.5 Å². The van der Waals surface area contributed by atoms with Gasteiger partial charge in [0.25, 0.3) is 0 Å². The van der Waals surface area contributed by atoms with E-state index in [0.29, 0.717) is 13.1 Å². The van der Waals surface area contributed by atoms with Gasteiger partial charge in [0.15, 0.2) is 0 Å². The number of nitrogens with one attached hydrogen (secondary N) is 1. The lowest BCUT2D eigenvalue weighted by atomic mass is 10.2. The molecule has 1 fully saturated rings. The molecule has 1 saturated heterocycles. The van der Waals surface area contributed by atoms with Crippen molar-refractivity contribution in [1.82, 2.24) is 10.2 Å². The van der Waals surface area contributed by atoms with Crippen LogP contribution in [0, 0.1) is 0 Å². The third-order valence-corrected chi connectivity index (χ3v) is 3.07. The predicted octanol–water partition coefficient (Wildman–Crippen LogP) is 1.52. The summed E-state index contributed by atoms with van der Waals surface area (Å²) in [6.07, 6.45) is -0.228. The van der Waals surface area contributed by atoms with Gasteiger partial charge in [-0.3, -0.25) is 14.4 Å². The lowest BCUT2D eigenvalue weighted by molar-refractivity contribution is -0.151. The predicted molar refractivity (Wildman–Crippen MR) is 98.4 cm³/mol. The van der Waals surface area contributed by atoms with Crippen molar-refractivity contribution in [3.8, 4) is 0 Å². The summed E-state index contributed by atoms with van der Waals surface area (Å²) < 4.78 is 4.10. The second-order valence-electron chi connectivity index (χ2n) is 5.15. The minimum atomic E-state index is -1.02. The molecule has 0 aromatic rings. The second-order valence-corrected chi connectivity index (χ2v) is 5.15. The molecule has 148 valence electrons. The first-order valence-corrected chi connectivity index (χ1v) is 8.46. The van der Waals surface area contributed by atoms with Gasteiger partial charge in [0.2, 0.25) is 5.91 Å². The van der Waals surface area contributed by atoms with Crippen LogP contribution in [0.3, 0.4) is 0 Å². The van der Waals surface area contributed by atoms with E-state index in [1.54, 1.807) is 4.90 Å². The molecular weight excluding hydrogens is 340 g/mol. The van der Waals surface area contributed by atoms with Crippen molar-refractivity contribution in [1.29, 1.82) is 0 Å². The molecule has 0 spiro atoms. The maximum absolute atomic E-state index is 11.4. The summed E-state index contributed by atoms with van der Waals surface area (Å²) >= 11 is 0. The maximum Gasteiger partial charge on any atom is 0.341 e. The van der Waals surface area contributed by atoms with Crippen LogP contribution in [-0.2, 0) is 23.9 Å². The number of esters is 2. The summed E-state index contributed by atoms with van der Waals surface area (Å²) in [6, 6.07) is 0. The summed E-state index contributed by atoms with van der Waals surface area (Å²) in [7, 11) is 0. The Labute approximate surface area is 154 Å². The first-order valence-electron chi connectivity index (χ1n) is 8.46. The molecule has 0 bridgehead atoms. The summed E-state index contributed by atoms with van der Waals surface area (Å²) in [4.78, 5) is 43.6. The quantitative estimate of drug-likeness (QED) is 0.397. The molecule has 8 nitrogen and oxygen atoms in total. The Hall–Kier alpha value is -2.48. The number of carboxylic acids is 1. The van der Waals surface area contributed by atoms with Crippen LogP contribution >= 0.6 is 0 Å². The van der Waals surface area contributed by atoms with Crippen LogP contribution in [0.5, 0.6) is 0 Å². The highest BCUT2D eigenvalue weighted by Gasteiger charge is 2.24. The van der Waals surface area contributed by atoms with Crippen LogP contribution in [0.1, 0.15) is 40.5 Å². The second kappa shape index (κ2) is 14.8. The molecule has 26 heavy (non-hydrogen) atoms. The first-order chi connectivity index (χ1) is 12.1. The molecular formula is C18H30N2O6. The molecule has 1 aliphatic heterocycles. The first kappa shape index (κ1) is 25.8. The van der Waals surface area contributed by atoms with Crippen LogP contribution in [0.2, 0.25) is 0 Å². The van der Waals surface area contributed by atoms with Crippen LogP contribution in [0.15, 0.2) is 24.3 Å². The molecule has 1 aliphatic rings. The number of cyclic esters (lactones) is 2. The fraction of sp³-hybridized carbons (Fsp3) is 0.556. The maximum atomic E-state index is 11.4. The molecule has 0 radical (unpaired) electrons. The summed E-state index contributed by atoms with van der Waals surface area (Å²) in [5, 5.41) is 11.5. The number of aliphatic carboxylic acids is 1. The molecule has 8 heteroatoms. The average molecular weight is 370 g/mol. The molecule has 0 atom stereocenters. The van der Waals surface area contributed by atoms with E-state index in [4.69, 9.17) is 5.11 Å². The Bertz CT molecular complexity index is 504. The highest BCUT2D eigenvalue weighted by molar-refractivity contribution is 6.05. The van der Waals surface area contributed by atoms with E-state index >= 15 is 0 Å². The van der Waals surface area contributed by atoms with Crippen LogP contribution in [0.25, 0.3) is 0 Å². The fourth-order valence-electron chi connectivity index (χ4n) is 1.70. The minimum Gasteiger partial charge on any atom is -0.481 e. The highest BCUT2D eigenvalue weighted by Crippen LogP contribution is 2.10. The van der Waals surface area contributed by atoms with Gasteiger partial charge in [0.1, 0.15) is 0 Å². The van der Waals surface area contributed by atoms with Gasteiger partial charge in [-0.25, -0.2) is 4.79 Å². The Kier molecular flexibility index (Phi) is 14.7. The number of carbonyl (C=O) groups excluding carboxylic acids is 3. The zero-order valence-electron chi connectivity index (χ0n) is 16.1. The SMILES string of the molecule is C=C(CC(=O)O)C(=O)N(CC)CC.C=C1CC(=O)OC1=O.CCNCC. The fourth-order valence-corrected chi connectivity index (χ4v) is 1.70. The Morgan fingerprint density at radius 3 is 1.85 bits per heavy atom. The molecule has 1 heterocycles. The number of rotatable bonds is 7. The lowest BCUT2D eigenvalue weighted by Crippen LogP contribution is -2.32. The Morgan fingerprint density at radius 2 is 1.65 bits per heavy atom. The molecule has 0 aromatic heterocycles. The largest absolute Gasteiger partial charge is 0.481 e. The van der Waals surface area contributed by atoms with Crippen molar-refractivity contribution < 1.29 is 29.0 Å². The van der Waals surface area contributed by atoms with Crippen molar-refractivity contribution in [2.75, 3.05) is 26.2 Å². The van der Waals surface area contributed by atoms with Crippen LogP contribution in [-0.4, -0.2) is 60.0 Å². The van der Waals surface area contributed by atoms with E-state index in [1.807, 2.05) is 13.8 Å². The van der Waals surface area contributed by atoms with Crippen molar-refractivity contribution in [3.63, 3.8) is 0 Å². The van der Waals surface area contributed by atoms with Gasteiger partial charge < -0.3 is 20.1 Å². The van der Waals surface area contributed by atoms with Crippen LogP contribution < -0.4 is 5.32 Å². The molecule has 1 amide bonds. The van der Waals surface area contributed by atoms with E-state index in [1.165, 1.54) is 0 Å². The number of hydrogen-bond acceptors (Lipinski definition) is 6. The van der Waals surface area contributed by atoms with E-state index < -0.39 is 17.9 Å². The van der Waals surface area contributed by atoms with Gasteiger partial charge in [-0.05, 0) is 26.9 Å². The monoisotopic (exact) mass is 370 g/mol. The number of carboxylic acid groups (broad SMARTS) is 1. The van der Waals surface area contributed by atoms with Gasteiger partial charge in [-0.1, -0.05) is 27.0 Å². The zero-order chi connectivity index (χ0) is 20.7. The molecule has 0 saturated carbocycles. The minimum absolute atomic E-state index is 0.0544. The van der Waals surface area contributed by atoms with Gasteiger partial charge in [0, 0.05) is 24.2 Å². The summed E-state index contributed by atoms with van der Waals surface area (Å²) in [5.41, 5.74) is 0.381. The molecule has 0 aliphatic carbocycles. The normalized spacial score (nSPS) is 12.2. The number of carbonyl (C=O) groups is 4. The van der Waals surface area contributed by atoms with Gasteiger partial charge >= 0.3 is 17.9 Å². The number of likely N-dealkylation sites (N-methyl/N-ethyl adjacent to an activating group) is 1. The topological polar surface area (TPSA) is 113 Å². The van der Waals surface area contributed by atoms with Crippen molar-refractivity contribution in [2.24, 2.45) is 0 Å². The smallest absolute Gasteiger partial charge is 0.341 e. The van der Waals surface area contributed by atoms with Crippen LogP contribution in [0.4, 0.5) is 0 Å². The van der Waals surface area contributed by atoms with E-state index in [0.717, 1.165) is 13.1 Å². The highest BCUT2D eigenvalue weighted by atomic mass is 16.6. The van der Waals surface area contributed by atoms with Gasteiger partial charge in [0.05, 0.1) is 12.8 Å². The van der Waals surface area contributed by atoms with Crippen molar-refractivity contribution >= 4 is 23.8 Å². The third kappa shape index (κ3) is 12.0. The van der Waals surface area contributed by atoms with Crippen molar-refractivity contribution in [3.05, 3.63) is 24.3 Å². The summed E-state index contributed by atoms with van der Waals surface area (Å²) in [5.74, 6) is -2.38. The lowest BCUT2D eigenvalue weighted by Gasteiger charge is -2.18. The molecule has 2 N–H and O–H groups in total. The number of nitrogens with zero attached hydrogens (tertiary/aromatic N) is 1. The standard InChI is InChI=1S/C9H15NO3.C5H4O3.C4H11N/c1-4-10(5-2)9(13)7(3)6-8(11)12;1-3-2-4(6)8-5(3)7;1-3-5-4-2/h3-6H2,1-2H3,(H,11,12);1-2H2;5H,3-4H2,1-2H3. The van der Waals surface area contributed by atoms with E-state index in [-0.39, 0.29) is 29.9 Å².